The maximum Gasteiger partial charge on any atom is 0.131 e. The Morgan fingerprint density at radius 3 is 2.71 bits per heavy atom. The molecule has 0 aromatic heterocycles. The van der Waals surface area contributed by atoms with E-state index in [0.29, 0.717) is 17.2 Å². The van der Waals surface area contributed by atoms with Gasteiger partial charge in [0.2, 0.25) is 0 Å². The summed E-state index contributed by atoms with van der Waals surface area (Å²) < 4.78 is 28.1. The minimum absolute atomic E-state index is 0.323. The third-order valence-corrected chi connectivity index (χ3v) is 4.26. The fraction of sp³-hybridized carbons (Fsp3) is 0.333. The van der Waals surface area contributed by atoms with Crippen molar-refractivity contribution in [3.8, 4) is 11.1 Å². The van der Waals surface area contributed by atoms with Gasteiger partial charge in [0, 0.05) is 11.6 Å². The number of fused-ring (bicyclic) bond motifs is 1. The van der Waals surface area contributed by atoms with Gasteiger partial charge in [0.1, 0.15) is 11.6 Å². The van der Waals surface area contributed by atoms with E-state index >= 15 is 0 Å². The average molecular weight is 287 g/mol. The minimum atomic E-state index is -0.356. The second-order valence-corrected chi connectivity index (χ2v) is 5.60. The molecule has 0 aliphatic heterocycles. The summed E-state index contributed by atoms with van der Waals surface area (Å²) in [6, 6.07) is 8.83. The van der Waals surface area contributed by atoms with E-state index in [2.05, 4.69) is 18.3 Å². The van der Waals surface area contributed by atoms with Crippen molar-refractivity contribution in [2.75, 3.05) is 6.54 Å². The van der Waals surface area contributed by atoms with Gasteiger partial charge in [0.05, 0.1) is 0 Å². The zero-order valence-electron chi connectivity index (χ0n) is 12.3. The van der Waals surface area contributed by atoms with Gasteiger partial charge in [0.15, 0.2) is 0 Å². The maximum absolute atomic E-state index is 14.2. The van der Waals surface area contributed by atoms with E-state index < -0.39 is 0 Å². The first kappa shape index (κ1) is 14.2. The quantitative estimate of drug-likeness (QED) is 0.874. The Balaban J connectivity index is 2.11. The summed E-state index contributed by atoms with van der Waals surface area (Å²) in [5.74, 6) is -0.709. The predicted molar refractivity (Wildman–Crippen MR) is 81.3 cm³/mol. The number of rotatable bonds is 3. The molecule has 3 heteroatoms. The van der Waals surface area contributed by atoms with Crippen molar-refractivity contribution in [2.24, 2.45) is 0 Å². The number of benzene rings is 2. The molecule has 0 radical (unpaired) electrons. The van der Waals surface area contributed by atoms with Crippen LogP contribution in [0, 0.1) is 18.6 Å². The standard InChI is InChI=1S/C18H19F2N/c1-3-21-18-8-7-13-12(5-4-6-14(13)18)15-10-16(19)11(2)9-17(15)20/h4-6,9-10,18,21H,3,7-8H2,1-2H3. The lowest BCUT2D eigenvalue weighted by Crippen LogP contribution is -2.18. The van der Waals surface area contributed by atoms with Crippen LogP contribution in [0.25, 0.3) is 11.1 Å². The summed E-state index contributed by atoms with van der Waals surface area (Å²) in [6.45, 7) is 4.57. The first-order valence-electron chi connectivity index (χ1n) is 7.43. The summed E-state index contributed by atoms with van der Waals surface area (Å²) in [6.07, 6.45) is 1.91. The molecule has 1 atom stereocenters. The number of halogens is 2. The van der Waals surface area contributed by atoms with Gasteiger partial charge in [-0.3, -0.25) is 0 Å². The summed E-state index contributed by atoms with van der Waals surface area (Å²) in [4.78, 5) is 0. The van der Waals surface area contributed by atoms with E-state index in [1.165, 1.54) is 17.7 Å². The van der Waals surface area contributed by atoms with E-state index in [4.69, 9.17) is 0 Å². The highest BCUT2D eigenvalue weighted by molar-refractivity contribution is 5.71. The molecular weight excluding hydrogens is 268 g/mol. The van der Waals surface area contributed by atoms with Crippen molar-refractivity contribution < 1.29 is 8.78 Å². The Hall–Kier alpha value is -1.74. The van der Waals surface area contributed by atoms with Gasteiger partial charge in [-0.2, -0.15) is 0 Å². The summed E-state index contributed by atoms with van der Waals surface area (Å²) >= 11 is 0. The van der Waals surface area contributed by atoms with Crippen molar-refractivity contribution >= 4 is 0 Å². The Bertz CT molecular complexity index is 679. The molecule has 0 saturated carbocycles. The Morgan fingerprint density at radius 1 is 1.14 bits per heavy atom. The molecule has 1 N–H and O–H groups in total. The van der Waals surface area contributed by atoms with E-state index in [-0.39, 0.29) is 11.6 Å². The zero-order chi connectivity index (χ0) is 15.0. The van der Waals surface area contributed by atoms with Crippen LogP contribution in [-0.2, 0) is 6.42 Å². The summed E-state index contributed by atoms with van der Waals surface area (Å²) in [7, 11) is 0. The maximum atomic E-state index is 14.2. The van der Waals surface area contributed by atoms with Crippen molar-refractivity contribution in [3.05, 3.63) is 58.7 Å². The van der Waals surface area contributed by atoms with Crippen LogP contribution >= 0.6 is 0 Å². The molecule has 1 nitrogen and oxygen atoms in total. The third-order valence-electron chi connectivity index (χ3n) is 4.26. The molecule has 2 aromatic rings. The smallest absolute Gasteiger partial charge is 0.131 e. The Labute approximate surface area is 124 Å². The lowest BCUT2D eigenvalue weighted by atomic mass is 9.95. The van der Waals surface area contributed by atoms with Gasteiger partial charge in [0.25, 0.3) is 0 Å². The minimum Gasteiger partial charge on any atom is -0.310 e. The third kappa shape index (κ3) is 2.46. The molecule has 110 valence electrons. The molecule has 0 fully saturated rings. The Kier molecular flexibility index (Phi) is 3.77. The lowest BCUT2D eigenvalue weighted by molar-refractivity contribution is 0.549. The molecule has 1 aliphatic carbocycles. The molecule has 21 heavy (non-hydrogen) atoms. The van der Waals surface area contributed by atoms with Gasteiger partial charge in [-0.25, -0.2) is 8.78 Å². The summed E-state index contributed by atoms with van der Waals surface area (Å²) in [5, 5.41) is 3.45. The van der Waals surface area contributed by atoms with E-state index in [1.807, 2.05) is 12.1 Å². The van der Waals surface area contributed by atoms with E-state index in [9.17, 15) is 8.78 Å². The number of hydrogen-bond acceptors (Lipinski definition) is 1. The highest BCUT2D eigenvalue weighted by Gasteiger charge is 2.25. The van der Waals surface area contributed by atoms with Crippen LogP contribution in [0.1, 0.15) is 36.1 Å². The Morgan fingerprint density at radius 2 is 1.95 bits per heavy atom. The van der Waals surface area contributed by atoms with Crippen LogP contribution in [0.4, 0.5) is 8.78 Å². The second kappa shape index (κ2) is 5.57. The molecule has 1 aliphatic rings. The molecule has 0 bridgehead atoms. The van der Waals surface area contributed by atoms with Crippen LogP contribution in [0.2, 0.25) is 0 Å². The van der Waals surface area contributed by atoms with Crippen molar-refractivity contribution in [2.45, 2.75) is 32.7 Å². The number of hydrogen-bond donors (Lipinski definition) is 1. The number of nitrogens with one attached hydrogen (secondary N) is 1. The zero-order valence-corrected chi connectivity index (χ0v) is 12.3. The summed E-state index contributed by atoms with van der Waals surface area (Å²) in [5.41, 5.74) is 3.89. The first-order chi connectivity index (χ1) is 10.1. The highest BCUT2D eigenvalue weighted by atomic mass is 19.1. The van der Waals surface area contributed by atoms with Crippen LogP contribution < -0.4 is 5.32 Å². The molecule has 0 amide bonds. The SMILES string of the molecule is CCNC1CCc2c(-c3cc(F)c(C)cc3F)cccc21. The largest absolute Gasteiger partial charge is 0.310 e. The molecule has 1 unspecified atom stereocenters. The van der Waals surface area contributed by atoms with Gasteiger partial charge in [-0.05, 0) is 60.7 Å². The van der Waals surface area contributed by atoms with Gasteiger partial charge >= 0.3 is 0 Å². The van der Waals surface area contributed by atoms with Crippen molar-refractivity contribution in [3.63, 3.8) is 0 Å². The topological polar surface area (TPSA) is 12.0 Å². The first-order valence-corrected chi connectivity index (χ1v) is 7.43. The van der Waals surface area contributed by atoms with Gasteiger partial charge in [-0.1, -0.05) is 25.1 Å². The average Bonchev–Trinajstić information content (AvgIpc) is 2.87. The fourth-order valence-electron chi connectivity index (χ4n) is 3.22. The molecule has 0 heterocycles. The normalized spacial score (nSPS) is 17.0. The van der Waals surface area contributed by atoms with Crippen LogP contribution in [0.3, 0.4) is 0 Å². The second-order valence-electron chi connectivity index (χ2n) is 5.60. The van der Waals surface area contributed by atoms with Gasteiger partial charge in [-0.15, -0.1) is 0 Å². The van der Waals surface area contributed by atoms with E-state index in [0.717, 1.165) is 30.5 Å². The molecule has 0 spiro atoms. The van der Waals surface area contributed by atoms with Crippen molar-refractivity contribution in [1.29, 1.82) is 0 Å². The fourth-order valence-corrected chi connectivity index (χ4v) is 3.22. The molecule has 0 saturated heterocycles. The van der Waals surface area contributed by atoms with Crippen LogP contribution in [-0.4, -0.2) is 6.54 Å². The lowest BCUT2D eigenvalue weighted by Gasteiger charge is -2.14. The van der Waals surface area contributed by atoms with Crippen molar-refractivity contribution in [1.82, 2.24) is 5.32 Å². The number of aryl methyl sites for hydroxylation is 1. The molecule has 2 aromatic carbocycles. The predicted octanol–water partition coefficient (Wildman–Crippen LogP) is 4.54. The highest BCUT2D eigenvalue weighted by Crippen LogP contribution is 2.38. The molecular formula is C18H19F2N. The van der Waals surface area contributed by atoms with Crippen LogP contribution in [0.15, 0.2) is 30.3 Å². The monoisotopic (exact) mass is 287 g/mol. The van der Waals surface area contributed by atoms with Gasteiger partial charge < -0.3 is 5.32 Å². The molecule has 3 rings (SSSR count). The van der Waals surface area contributed by atoms with E-state index in [1.54, 1.807) is 6.92 Å². The van der Waals surface area contributed by atoms with Crippen LogP contribution in [0.5, 0.6) is 0 Å².